The predicted octanol–water partition coefficient (Wildman–Crippen LogP) is 3.92. The third-order valence-corrected chi connectivity index (χ3v) is 3.97. The molecule has 1 heterocycles. The van der Waals surface area contributed by atoms with E-state index in [2.05, 4.69) is 4.98 Å². The van der Waals surface area contributed by atoms with E-state index in [1.165, 1.54) is 6.07 Å². The van der Waals surface area contributed by atoms with Gasteiger partial charge in [-0.3, -0.25) is 0 Å². The van der Waals surface area contributed by atoms with Crippen molar-refractivity contribution in [2.75, 3.05) is 0 Å². The molecule has 3 aromatic rings. The van der Waals surface area contributed by atoms with Gasteiger partial charge in [-0.2, -0.15) is 0 Å². The van der Waals surface area contributed by atoms with Crippen LogP contribution in [-0.4, -0.2) is 14.7 Å². The summed E-state index contributed by atoms with van der Waals surface area (Å²) in [5, 5.41) is 9.81. The van der Waals surface area contributed by atoms with Gasteiger partial charge in [0.1, 0.15) is 30.6 Å². The van der Waals surface area contributed by atoms with Crippen LogP contribution >= 0.6 is 11.6 Å². The molecule has 1 N–H and O–H groups in total. The highest BCUT2D eigenvalue weighted by atomic mass is 35.5. The second-order valence-electron chi connectivity index (χ2n) is 5.08. The number of ether oxygens (including phenoxy) is 1. The number of hydrogen-bond donors (Lipinski definition) is 1. The third kappa shape index (κ3) is 3.02. The minimum atomic E-state index is -0.317. The largest absolute Gasteiger partial charge is 0.487 e. The van der Waals surface area contributed by atoms with Gasteiger partial charge in [0, 0.05) is 18.2 Å². The van der Waals surface area contributed by atoms with E-state index in [0.29, 0.717) is 34.2 Å². The monoisotopic (exact) mass is 334 g/mol. The number of rotatable bonds is 5. The molecular formula is C17H16ClFN2O2. The minimum Gasteiger partial charge on any atom is -0.487 e. The van der Waals surface area contributed by atoms with E-state index >= 15 is 0 Å². The lowest BCUT2D eigenvalue weighted by atomic mass is 10.2. The lowest BCUT2D eigenvalue weighted by Gasteiger charge is -2.09. The van der Waals surface area contributed by atoms with E-state index in [1.54, 1.807) is 30.3 Å². The number of aliphatic hydroxyl groups excluding tert-OH is 1. The molecule has 23 heavy (non-hydrogen) atoms. The highest BCUT2D eigenvalue weighted by molar-refractivity contribution is 6.32. The second-order valence-corrected chi connectivity index (χ2v) is 5.49. The Kier molecular flexibility index (Phi) is 4.50. The van der Waals surface area contributed by atoms with E-state index in [-0.39, 0.29) is 19.0 Å². The number of hydrogen-bond acceptors (Lipinski definition) is 3. The van der Waals surface area contributed by atoms with Crippen molar-refractivity contribution in [1.29, 1.82) is 0 Å². The highest BCUT2D eigenvalue weighted by Crippen LogP contribution is 2.31. The molecular weight excluding hydrogens is 319 g/mol. The fraction of sp³-hybridized carbons (Fsp3) is 0.235. The molecule has 3 rings (SSSR count). The van der Waals surface area contributed by atoms with Crippen molar-refractivity contribution >= 4 is 22.6 Å². The van der Waals surface area contributed by atoms with Crippen LogP contribution in [0, 0.1) is 5.82 Å². The molecule has 120 valence electrons. The fourth-order valence-corrected chi connectivity index (χ4v) is 2.74. The summed E-state index contributed by atoms with van der Waals surface area (Å²) in [6, 6.07) is 9.90. The molecule has 0 unspecified atom stereocenters. The smallest absolute Gasteiger partial charge is 0.140 e. The first-order valence-corrected chi connectivity index (χ1v) is 7.67. The SMILES string of the molecule is CCn1c(CO)nc2cc(OCc3ccccc3F)c(Cl)cc21. The minimum absolute atomic E-state index is 0.0826. The fourth-order valence-electron chi connectivity index (χ4n) is 2.53. The number of aliphatic hydroxyl groups is 1. The zero-order valence-electron chi connectivity index (χ0n) is 12.6. The van der Waals surface area contributed by atoms with Crippen LogP contribution in [0.3, 0.4) is 0 Å². The summed E-state index contributed by atoms with van der Waals surface area (Å²) in [5.41, 5.74) is 1.97. The van der Waals surface area contributed by atoms with Crippen molar-refractivity contribution in [3.63, 3.8) is 0 Å². The van der Waals surface area contributed by atoms with Crippen LogP contribution in [0.5, 0.6) is 5.75 Å². The number of imidazole rings is 1. The molecule has 0 aliphatic heterocycles. The maximum absolute atomic E-state index is 13.6. The molecule has 0 fully saturated rings. The molecule has 6 heteroatoms. The summed E-state index contributed by atoms with van der Waals surface area (Å²) in [5.74, 6) is 0.694. The van der Waals surface area contributed by atoms with E-state index < -0.39 is 0 Å². The Morgan fingerprint density at radius 2 is 2.09 bits per heavy atom. The highest BCUT2D eigenvalue weighted by Gasteiger charge is 2.13. The average Bonchev–Trinajstić information content (AvgIpc) is 2.90. The van der Waals surface area contributed by atoms with Crippen LogP contribution in [0.15, 0.2) is 36.4 Å². The molecule has 0 bridgehead atoms. The Morgan fingerprint density at radius 3 is 2.78 bits per heavy atom. The molecule has 0 aliphatic carbocycles. The zero-order chi connectivity index (χ0) is 16.4. The number of nitrogens with zero attached hydrogens (tertiary/aromatic N) is 2. The van der Waals surface area contributed by atoms with Gasteiger partial charge in [-0.25, -0.2) is 9.37 Å². The first-order valence-electron chi connectivity index (χ1n) is 7.29. The number of benzene rings is 2. The molecule has 0 aliphatic rings. The zero-order valence-corrected chi connectivity index (χ0v) is 13.3. The molecule has 1 aromatic heterocycles. The predicted molar refractivity (Wildman–Crippen MR) is 87.1 cm³/mol. The maximum Gasteiger partial charge on any atom is 0.140 e. The van der Waals surface area contributed by atoms with E-state index in [4.69, 9.17) is 16.3 Å². The maximum atomic E-state index is 13.6. The lowest BCUT2D eigenvalue weighted by molar-refractivity contribution is 0.266. The normalized spacial score (nSPS) is 11.1. The van der Waals surface area contributed by atoms with Crippen molar-refractivity contribution in [3.8, 4) is 5.75 Å². The van der Waals surface area contributed by atoms with E-state index in [1.807, 2.05) is 11.5 Å². The Labute approximate surface area is 138 Å². The number of fused-ring (bicyclic) bond motifs is 1. The molecule has 0 radical (unpaired) electrons. The second kappa shape index (κ2) is 6.56. The van der Waals surface area contributed by atoms with Gasteiger partial charge in [0.2, 0.25) is 0 Å². The van der Waals surface area contributed by atoms with Gasteiger partial charge in [0.05, 0.1) is 16.1 Å². The van der Waals surface area contributed by atoms with Gasteiger partial charge in [-0.1, -0.05) is 29.8 Å². The topological polar surface area (TPSA) is 47.3 Å². The van der Waals surface area contributed by atoms with Crippen LogP contribution in [0.2, 0.25) is 5.02 Å². The van der Waals surface area contributed by atoms with E-state index in [9.17, 15) is 9.50 Å². The van der Waals surface area contributed by atoms with Crippen LogP contribution in [0.4, 0.5) is 4.39 Å². The van der Waals surface area contributed by atoms with E-state index in [0.717, 1.165) is 5.52 Å². The van der Waals surface area contributed by atoms with Crippen molar-refractivity contribution in [1.82, 2.24) is 9.55 Å². The Hall–Kier alpha value is -2.11. The van der Waals surface area contributed by atoms with Gasteiger partial charge in [-0.15, -0.1) is 0 Å². The molecule has 0 saturated carbocycles. The molecule has 0 amide bonds. The Balaban J connectivity index is 1.92. The Morgan fingerprint density at radius 1 is 1.30 bits per heavy atom. The van der Waals surface area contributed by atoms with Gasteiger partial charge >= 0.3 is 0 Å². The van der Waals surface area contributed by atoms with Crippen molar-refractivity contribution in [3.05, 3.63) is 58.6 Å². The Bertz CT molecular complexity index is 848. The van der Waals surface area contributed by atoms with Crippen molar-refractivity contribution < 1.29 is 14.2 Å². The summed E-state index contributed by atoms with van der Waals surface area (Å²) < 4.78 is 21.2. The number of aryl methyl sites for hydroxylation is 1. The first-order chi connectivity index (χ1) is 11.1. The van der Waals surface area contributed by atoms with Crippen LogP contribution in [0.1, 0.15) is 18.3 Å². The summed E-state index contributed by atoms with van der Waals surface area (Å²) >= 11 is 6.27. The standard InChI is InChI=1S/C17H16ClFN2O2/c1-2-21-15-7-12(18)16(8-14(15)20-17(21)9-22)23-10-11-5-3-4-6-13(11)19/h3-8,22H,2,9-10H2,1H3. The number of aromatic nitrogens is 2. The first kappa shape index (κ1) is 15.8. The molecule has 4 nitrogen and oxygen atoms in total. The summed E-state index contributed by atoms with van der Waals surface area (Å²) in [7, 11) is 0. The molecule has 0 spiro atoms. The molecule has 2 aromatic carbocycles. The lowest BCUT2D eigenvalue weighted by Crippen LogP contribution is -2.01. The average molecular weight is 335 g/mol. The summed E-state index contributed by atoms with van der Waals surface area (Å²) in [4.78, 5) is 4.38. The third-order valence-electron chi connectivity index (χ3n) is 3.68. The summed E-state index contributed by atoms with van der Waals surface area (Å²) in [6.07, 6.45) is 0. The van der Waals surface area contributed by atoms with Crippen molar-refractivity contribution in [2.24, 2.45) is 0 Å². The molecule has 0 atom stereocenters. The number of halogens is 2. The molecule has 0 saturated heterocycles. The van der Waals surface area contributed by atoms with Gasteiger partial charge in [0.25, 0.3) is 0 Å². The van der Waals surface area contributed by atoms with Crippen LogP contribution < -0.4 is 4.74 Å². The quantitative estimate of drug-likeness (QED) is 0.769. The van der Waals surface area contributed by atoms with Crippen molar-refractivity contribution in [2.45, 2.75) is 26.7 Å². The van der Waals surface area contributed by atoms with Gasteiger partial charge in [0.15, 0.2) is 0 Å². The van der Waals surface area contributed by atoms with Gasteiger partial charge < -0.3 is 14.4 Å². The van der Waals surface area contributed by atoms with Crippen LogP contribution in [0.25, 0.3) is 11.0 Å². The van der Waals surface area contributed by atoms with Gasteiger partial charge in [-0.05, 0) is 19.1 Å². The summed E-state index contributed by atoms with van der Waals surface area (Å²) in [6.45, 7) is 2.58. The van der Waals surface area contributed by atoms with Crippen LogP contribution in [-0.2, 0) is 19.8 Å².